The van der Waals surface area contributed by atoms with Crippen molar-refractivity contribution < 1.29 is 13.2 Å². The zero-order valence-electron chi connectivity index (χ0n) is 9.85. The summed E-state index contributed by atoms with van der Waals surface area (Å²) in [4.78, 5) is -0.667. The second kappa shape index (κ2) is 5.67. The summed E-state index contributed by atoms with van der Waals surface area (Å²) in [6.07, 6.45) is 0. The molecule has 0 N–H and O–H groups in total. The Morgan fingerprint density at radius 1 is 1.00 bits per heavy atom. The van der Waals surface area contributed by atoms with Crippen LogP contribution in [0.3, 0.4) is 0 Å². The van der Waals surface area contributed by atoms with Crippen LogP contribution in [0.4, 0.5) is 13.2 Å². The monoisotopic (exact) mass is 392 g/mol. The van der Waals surface area contributed by atoms with Crippen molar-refractivity contribution in [2.45, 2.75) is 11.8 Å². The van der Waals surface area contributed by atoms with E-state index in [1.54, 1.807) is 12.1 Å². The Labute approximate surface area is 125 Å². The molecule has 0 bridgehead atoms. The summed E-state index contributed by atoms with van der Waals surface area (Å²) < 4.78 is 41.2. The van der Waals surface area contributed by atoms with E-state index in [1.807, 2.05) is 13.0 Å². The molecule has 0 spiro atoms. The van der Waals surface area contributed by atoms with Crippen molar-refractivity contribution in [2.75, 3.05) is 0 Å². The molecule has 19 heavy (non-hydrogen) atoms. The van der Waals surface area contributed by atoms with Crippen molar-refractivity contribution in [2.24, 2.45) is 0 Å². The standard InChI is InChI=1S/C14H9Br2F3/c1-7-4-8(2-3-10(7)15)14(16)13-11(18)5-9(17)6-12(13)19/h2-6,14H,1H3. The summed E-state index contributed by atoms with van der Waals surface area (Å²) in [6, 6.07) is 6.72. The number of benzene rings is 2. The lowest BCUT2D eigenvalue weighted by molar-refractivity contribution is 0.527. The summed E-state index contributed by atoms with van der Waals surface area (Å²) >= 11 is 6.62. The molecule has 0 nitrogen and oxygen atoms in total. The lowest BCUT2D eigenvalue weighted by Gasteiger charge is -2.14. The maximum absolute atomic E-state index is 13.7. The molecular weight excluding hydrogens is 385 g/mol. The number of halogens is 5. The van der Waals surface area contributed by atoms with E-state index in [2.05, 4.69) is 31.9 Å². The van der Waals surface area contributed by atoms with E-state index >= 15 is 0 Å². The molecule has 0 aliphatic rings. The molecule has 0 saturated heterocycles. The highest BCUT2D eigenvalue weighted by molar-refractivity contribution is 9.10. The zero-order valence-corrected chi connectivity index (χ0v) is 13.0. The third kappa shape index (κ3) is 3.03. The van der Waals surface area contributed by atoms with E-state index in [0.29, 0.717) is 17.7 Å². The van der Waals surface area contributed by atoms with Crippen molar-refractivity contribution in [3.63, 3.8) is 0 Å². The number of hydrogen-bond acceptors (Lipinski definition) is 0. The van der Waals surface area contributed by atoms with Crippen LogP contribution in [-0.2, 0) is 0 Å². The number of hydrogen-bond donors (Lipinski definition) is 0. The van der Waals surface area contributed by atoms with Gasteiger partial charge in [-0.3, -0.25) is 0 Å². The van der Waals surface area contributed by atoms with Gasteiger partial charge in [-0.15, -0.1) is 0 Å². The maximum Gasteiger partial charge on any atom is 0.133 e. The van der Waals surface area contributed by atoms with Crippen molar-refractivity contribution in [1.82, 2.24) is 0 Å². The number of alkyl halides is 1. The molecular formula is C14H9Br2F3. The molecule has 0 aromatic heterocycles. The van der Waals surface area contributed by atoms with Gasteiger partial charge < -0.3 is 0 Å². The summed E-state index contributed by atoms with van der Waals surface area (Å²) in [6.45, 7) is 1.88. The molecule has 0 aliphatic carbocycles. The maximum atomic E-state index is 13.7. The second-order valence-electron chi connectivity index (χ2n) is 4.15. The molecule has 5 heteroatoms. The SMILES string of the molecule is Cc1cc(C(Br)c2c(F)cc(F)cc2F)ccc1Br. The molecule has 100 valence electrons. The molecule has 0 heterocycles. The average molecular weight is 394 g/mol. The van der Waals surface area contributed by atoms with Gasteiger partial charge in [-0.1, -0.05) is 44.0 Å². The van der Waals surface area contributed by atoms with E-state index in [1.165, 1.54) is 0 Å². The van der Waals surface area contributed by atoms with Crippen LogP contribution in [0.5, 0.6) is 0 Å². The highest BCUT2D eigenvalue weighted by atomic mass is 79.9. The van der Waals surface area contributed by atoms with Crippen LogP contribution in [0.25, 0.3) is 0 Å². The Kier molecular flexibility index (Phi) is 4.36. The number of rotatable bonds is 2. The topological polar surface area (TPSA) is 0 Å². The largest absolute Gasteiger partial charge is 0.207 e. The van der Waals surface area contributed by atoms with E-state index in [0.717, 1.165) is 10.0 Å². The third-order valence-electron chi connectivity index (χ3n) is 2.77. The predicted octanol–water partition coefficient (Wildman–Crippen LogP) is 5.66. The van der Waals surface area contributed by atoms with Crippen LogP contribution >= 0.6 is 31.9 Å². The molecule has 0 radical (unpaired) electrons. The minimum absolute atomic E-state index is 0.192. The fourth-order valence-electron chi connectivity index (χ4n) is 1.79. The minimum atomic E-state index is -0.926. The van der Waals surface area contributed by atoms with Crippen molar-refractivity contribution in [1.29, 1.82) is 0 Å². The van der Waals surface area contributed by atoms with Crippen molar-refractivity contribution in [3.8, 4) is 0 Å². The van der Waals surface area contributed by atoms with Gasteiger partial charge in [-0.25, -0.2) is 13.2 Å². The van der Waals surface area contributed by atoms with E-state index in [9.17, 15) is 13.2 Å². The van der Waals surface area contributed by atoms with E-state index < -0.39 is 22.3 Å². The summed E-state index contributed by atoms with van der Waals surface area (Å²) in [5.41, 5.74) is 1.46. The van der Waals surface area contributed by atoms with Crippen LogP contribution in [0.2, 0.25) is 0 Å². The first kappa shape index (κ1) is 14.6. The molecule has 1 unspecified atom stereocenters. The Morgan fingerprint density at radius 3 is 2.11 bits per heavy atom. The van der Waals surface area contributed by atoms with Gasteiger partial charge >= 0.3 is 0 Å². The first-order valence-electron chi connectivity index (χ1n) is 5.44. The van der Waals surface area contributed by atoms with Crippen molar-refractivity contribution >= 4 is 31.9 Å². The highest BCUT2D eigenvalue weighted by Gasteiger charge is 2.21. The zero-order chi connectivity index (χ0) is 14.2. The highest BCUT2D eigenvalue weighted by Crippen LogP contribution is 2.35. The van der Waals surface area contributed by atoms with Crippen LogP contribution in [0.15, 0.2) is 34.8 Å². The normalized spacial score (nSPS) is 12.5. The van der Waals surface area contributed by atoms with Crippen LogP contribution < -0.4 is 0 Å². The van der Waals surface area contributed by atoms with Gasteiger partial charge in [0.15, 0.2) is 0 Å². The van der Waals surface area contributed by atoms with Gasteiger partial charge in [-0.05, 0) is 24.1 Å². The quantitative estimate of drug-likeness (QED) is 0.577. The third-order valence-corrected chi connectivity index (χ3v) is 4.65. The summed E-state index contributed by atoms with van der Waals surface area (Å²) in [5, 5.41) is 0. The van der Waals surface area contributed by atoms with Crippen LogP contribution in [0.1, 0.15) is 21.5 Å². The predicted molar refractivity (Wildman–Crippen MR) is 76.0 cm³/mol. The summed E-state index contributed by atoms with van der Waals surface area (Å²) in [7, 11) is 0. The Morgan fingerprint density at radius 2 is 1.58 bits per heavy atom. The van der Waals surface area contributed by atoms with Gasteiger partial charge in [0, 0.05) is 22.2 Å². The van der Waals surface area contributed by atoms with E-state index in [4.69, 9.17) is 0 Å². The molecule has 0 saturated carbocycles. The second-order valence-corrected chi connectivity index (χ2v) is 5.92. The van der Waals surface area contributed by atoms with Crippen LogP contribution in [0, 0.1) is 24.4 Å². The molecule has 2 aromatic carbocycles. The van der Waals surface area contributed by atoms with Gasteiger partial charge in [0.1, 0.15) is 17.5 Å². The molecule has 2 aromatic rings. The fourth-order valence-corrected chi connectivity index (χ4v) is 2.76. The molecule has 0 amide bonds. The average Bonchev–Trinajstić information content (AvgIpc) is 2.31. The number of aryl methyl sites for hydroxylation is 1. The van der Waals surface area contributed by atoms with Gasteiger partial charge in [0.2, 0.25) is 0 Å². The Hall–Kier alpha value is -0.810. The summed E-state index contributed by atoms with van der Waals surface area (Å²) in [5.74, 6) is -2.73. The first-order valence-corrected chi connectivity index (χ1v) is 7.15. The smallest absolute Gasteiger partial charge is 0.133 e. The molecule has 0 fully saturated rings. The molecule has 2 rings (SSSR count). The Bertz CT molecular complexity index is 603. The minimum Gasteiger partial charge on any atom is -0.207 e. The van der Waals surface area contributed by atoms with Gasteiger partial charge in [0.05, 0.1) is 4.83 Å². The molecule has 1 atom stereocenters. The lowest BCUT2D eigenvalue weighted by atomic mass is 10.0. The van der Waals surface area contributed by atoms with Crippen LogP contribution in [-0.4, -0.2) is 0 Å². The Balaban J connectivity index is 2.49. The molecule has 0 aliphatic heterocycles. The van der Waals surface area contributed by atoms with E-state index in [-0.39, 0.29) is 5.56 Å². The van der Waals surface area contributed by atoms with Gasteiger partial charge in [0.25, 0.3) is 0 Å². The fraction of sp³-hybridized carbons (Fsp3) is 0.143. The lowest BCUT2D eigenvalue weighted by Crippen LogP contribution is -2.02. The van der Waals surface area contributed by atoms with Crippen molar-refractivity contribution in [3.05, 3.63) is 68.9 Å². The van der Waals surface area contributed by atoms with Gasteiger partial charge in [-0.2, -0.15) is 0 Å². The first-order chi connectivity index (χ1) is 8.90.